The van der Waals surface area contributed by atoms with Crippen LogP contribution in [0.2, 0.25) is 0 Å². The number of nitrogens with one attached hydrogen (secondary N) is 3. The van der Waals surface area contributed by atoms with E-state index in [1.54, 1.807) is 24.3 Å². The van der Waals surface area contributed by atoms with Gasteiger partial charge in [0.15, 0.2) is 0 Å². The summed E-state index contributed by atoms with van der Waals surface area (Å²) in [6, 6.07) is 14.3. The van der Waals surface area contributed by atoms with Gasteiger partial charge in [0, 0.05) is 12.2 Å². The van der Waals surface area contributed by atoms with Crippen molar-refractivity contribution in [2.24, 2.45) is 0 Å². The topological polar surface area (TPSA) is 79.5 Å². The molecule has 3 amide bonds. The first-order chi connectivity index (χ1) is 11.6. The van der Waals surface area contributed by atoms with E-state index in [9.17, 15) is 9.59 Å². The number of likely N-dealkylation sites (N-methyl/N-ethyl adjacent to an activating group) is 1. The van der Waals surface area contributed by atoms with Crippen molar-refractivity contribution in [2.45, 2.75) is 13.8 Å². The second-order valence-corrected chi connectivity index (χ2v) is 5.20. The van der Waals surface area contributed by atoms with Gasteiger partial charge in [0.05, 0.1) is 6.54 Å². The van der Waals surface area contributed by atoms with Crippen molar-refractivity contribution in [3.63, 3.8) is 0 Å². The number of anilines is 1. The summed E-state index contributed by atoms with van der Waals surface area (Å²) in [4.78, 5) is 23.0. The number of hydrogen-bond acceptors (Lipinski definition) is 3. The van der Waals surface area contributed by atoms with Gasteiger partial charge in [-0.1, -0.05) is 17.7 Å². The molecule has 6 nitrogen and oxygen atoms in total. The number of ether oxygens (including phenoxy) is 1. The smallest absolute Gasteiger partial charge is 0.319 e. The first kappa shape index (κ1) is 17.3. The fourth-order valence-electron chi connectivity index (χ4n) is 1.94. The molecule has 0 fully saturated rings. The lowest BCUT2D eigenvalue weighted by molar-refractivity contribution is -0.119. The molecule has 3 N–H and O–H groups in total. The molecule has 2 aromatic carbocycles. The van der Waals surface area contributed by atoms with Gasteiger partial charge < -0.3 is 20.7 Å². The molecule has 2 aromatic rings. The number of amides is 3. The number of carbonyl (C=O) groups is 2. The standard InChI is InChI=1S/C18H21N3O3/c1-3-19-17(22)12-20-18(23)21-14-6-10-16(11-7-14)24-15-8-4-13(2)5-9-15/h4-11H,3,12H2,1-2H3,(H,19,22)(H2,20,21,23). The van der Waals surface area contributed by atoms with Gasteiger partial charge in [-0.15, -0.1) is 0 Å². The van der Waals surface area contributed by atoms with Crippen LogP contribution in [0, 0.1) is 6.92 Å². The highest BCUT2D eigenvalue weighted by molar-refractivity contribution is 5.92. The van der Waals surface area contributed by atoms with Gasteiger partial charge in [0.1, 0.15) is 11.5 Å². The van der Waals surface area contributed by atoms with Crippen LogP contribution in [0.15, 0.2) is 48.5 Å². The summed E-state index contributed by atoms with van der Waals surface area (Å²) in [6.45, 7) is 4.30. The maximum Gasteiger partial charge on any atom is 0.319 e. The Hall–Kier alpha value is -3.02. The number of rotatable bonds is 6. The maximum absolute atomic E-state index is 11.7. The predicted octanol–water partition coefficient (Wildman–Crippen LogP) is 3.04. The SMILES string of the molecule is CCNC(=O)CNC(=O)Nc1ccc(Oc2ccc(C)cc2)cc1. The zero-order valence-corrected chi connectivity index (χ0v) is 13.8. The van der Waals surface area contributed by atoms with Crippen molar-refractivity contribution in [2.75, 3.05) is 18.4 Å². The average molecular weight is 327 g/mol. The number of urea groups is 1. The fraction of sp³-hybridized carbons (Fsp3) is 0.222. The van der Waals surface area contributed by atoms with E-state index in [4.69, 9.17) is 4.74 Å². The van der Waals surface area contributed by atoms with E-state index in [-0.39, 0.29) is 12.5 Å². The van der Waals surface area contributed by atoms with Crippen LogP contribution in [0.5, 0.6) is 11.5 Å². The third-order valence-electron chi connectivity index (χ3n) is 3.15. The van der Waals surface area contributed by atoms with Crippen LogP contribution in [0.1, 0.15) is 12.5 Å². The molecule has 0 aliphatic heterocycles. The first-order valence-electron chi connectivity index (χ1n) is 7.73. The number of aryl methyl sites for hydroxylation is 1. The summed E-state index contributed by atoms with van der Waals surface area (Å²) >= 11 is 0. The predicted molar refractivity (Wildman–Crippen MR) is 93.4 cm³/mol. The number of hydrogen-bond donors (Lipinski definition) is 3. The van der Waals surface area contributed by atoms with Crippen molar-refractivity contribution in [1.29, 1.82) is 0 Å². The molecule has 2 rings (SSSR count). The Morgan fingerprint density at radius 3 is 2.08 bits per heavy atom. The molecule has 0 radical (unpaired) electrons. The van der Waals surface area contributed by atoms with E-state index in [0.29, 0.717) is 18.0 Å². The van der Waals surface area contributed by atoms with Crippen LogP contribution >= 0.6 is 0 Å². The Bertz CT molecular complexity index is 682. The summed E-state index contributed by atoms with van der Waals surface area (Å²) < 4.78 is 5.72. The largest absolute Gasteiger partial charge is 0.457 e. The van der Waals surface area contributed by atoms with E-state index in [2.05, 4.69) is 16.0 Å². The molecule has 126 valence electrons. The van der Waals surface area contributed by atoms with E-state index in [1.165, 1.54) is 5.56 Å². The molecule has 0 aromatic heterocycles. The first-order valence-corrected chi connectivity index (χ1v) is 7.73. The summed E-state index contributed by atoms with van der Waals surface area (Å²) in [5.74, 6) is 1.20. The molecular weight excluding hydrogens is 306 g/mol. The average Bonchev–Trinajstić information content (AvgIpc) is 2.57. The maximum atomic E-state index is 11.7. The van der Waals surface area contributed by atoms with Crippen molar-refractivity contribution < 1.29 is 14.3 Å². The van der Waals surface area contributed by atoms with Crippen LogP contribution in [0.3, 0.4) is 0 Å². The molecule has 0 bridgehead atoms. The molecule has 0 atom stereocenters. The Kier molecular flexibility index (Phi) is 6.19. The van der Waals surface area contributed by atoms with Gasteiger partial charge in [0.25, 0.3) is 0 Å². The van der Waals surface area contributed by atoms with Gasteiger partial charge in [-0.2, -0.15) is 0 Å². The Morgan fingerprint density at radius 1 is 0.917 bits per heavy atom. The lowest BCUT2D eigenvalue weighted by Gasteiger charge is -2.09. The molecule has 0 spiro atoms. The molecule has 0 aliphatic rings. The highest BCUT2D eigenvalue weighted by atomic mass is 16.5. The van der Waals surface area contributed by atoms with Crippen molar-refractivity contribution in [3.8, 4) is 11.5 Å². The quantitative estimate of drug-likeness (QED) is 0.763. The zero-order valence-electron chi connectivity index (χ0n) is 13.8. The van der Waals surface area contributed by atoms with Gasteiger partial charge in [-0.05, 0) is 50.2 Å². The van der Waals surface area contributed by atoms with Crippen LogP contribution in [-0.2, 0) is 4.79 Å². The molecule has 0 heterocycles. The monoisotopic (exact) mass is 327 g/mol. The van der Waals surface area contributed by atoms with E-state index >= 15 is 0 Å². The summed E-state index contributed by atoms with van der Waals surface area (Å²) in [5.41, 5.74) is 1.78. The minimum atomic E-state index is -0.437. The molecule has 0 unspecified atom stereocenters. The van der Waals surface area contributed by atoms with Crippen LogP contribution in [-0.4, -0.2) is 25.0 Å². The molecule has 0 saturated heterocycles. The number of benzene rings is 2. The number of carbonyl (C=O) groups excluding carboxylic acids is 2. The minimum absolute atomic E-state index is 0.0612. The van der Waals surface area contributed by atoms with Crippen LogP contribution in [0.25, 0.3) is 0 Å². The minimum Gasteiger partial charge on any atom is -0.457 e. The van der Waals surface area contributed by atoms with Gasteiger partial charge in [-0.3, -0.25) is 4.79 Å². The Morgan fingerprint density at radius 2 is 1.50 bits per heavy atom. The van der Waals surface area contributed by atoms with Crippen molar-refractivity contribution in [3.05, 3.63) is 54.1 Å². The van der Waals surface area contributed by atoms with E-state index < -0.39 is 6.03 Å². The summed E-state index contributed by atoms with van der Waals surface area (Å²) in [6.07, 6.45) is 0. The zero-order chi connectivity index (χ0) is 17.4. The van der Waals surface area contributed by atoms with Crippen LogP contribution < -0.4 is 20.7 Å². The van der Waals surface area contributed by atoms with E-state index in [0.717, 1.165) is 5.75 Å². The second kappa shape index (κ2) is 8.57. The summed E-state index contributed by atoms with van der Waals surface area (Å²) in [7, 11) is 0. The van der Waals surface area contributed by atoms with E-state index in [1.807, 2.05) is 38.1 Å². The second-order valence-electron chi connectivity index (χ2n) is 5.20. The molecule has 6 heteroatoms. The summed E-state index contributed by atoms with van der Waals surface area (Å²) in [5, 5.41) is 7.74. The molecule has 24 heavy (non-hydrogen) atoms. The van der Waals surface area contributed by atoms with Gasteiger partial charge >= 0.3 is 6.03 Å². The lowest BCUT2D eigenvalue weighted by Crippen LogP contribution is -2.38. The fourth-order valence-corrected chi connectivity index (χ4v) is 1.94. The Balaban J connectivity index is 1.84. The highest BCUT2D eigenvalue weighted by Crippen LogP contribution is 2.23. The van der Waals surface area contributed by atoms with Crippen molar-refractivity contribution >= 4 is 17.6 Å². The normalized spacial score (nSPS) is 9.92. The Labute approximate surface area is 141 Å². The molecule has 0 aliphatic carbocycles. The third kappa shape index (κ3) is 5.64. The molecule has 0 saturated carbocycles. The molecular formula is C18H21N3O3. The van der Waals surface area contributed by atoms with Gasteiger partial charge in [0.2, 0.25) is 5.91 Å². The third-order valence-corrected chi connectivity index (χ3v) is 3.15. The highest BCUT2D eigenvalue weighted by Gasteiger charge is 2.05. The van der Waals surface area contributed by atoms with Gasteiger partial charge in [-0.25, -0.2) is 4.79 Å². The lowest BCUT2D eigenvalue weighted by atomic mass is 10.2. The van der Waals surface area contributed by atoms with Crippen molar-refractivity contribution in [1.82, 2.24) is 10.6 Å². The van der Waals surface area contributed by atoms with Crippen LogP contribution in [0.4, 0.5) is 10.5 Å².